The van der Waals surface area contributed by atoms with Gasteiger partial charge in [0, 0.05) is 32.9 Å². The molecule has 0 atom stereocenters. The van der Waals surface area contributed by atoms with Gasteiger partial charge in [-0.1, -0.05) is 170 Å². The molecule has 1 heterocycles. The summed E-state index contributed by atoms with van der Waals surface area (Å²) < 4.78 is 2.53. The summed E-state index contributed by atoms with van der Waals surface area (Å²) in [4.78, 5) is 0. The van der Waals surface area contributed by atoms with Crippen LogP contribution in [-0.2, 0) is 6.42 Å². The third kappa shape index (κ3) is 5.65. The second-order valence-corrected chi connectivity index (χ2v) is 14.9. The number of aryl methyl sites for hydroxylation is 1. The molecule has 2 N–H and O–H groups in total. The highest BCUT2D eigenvalue weighted by atomic mass is 15.0. The Morgan fingerprint density at radius 1 is 0.571 bits per heavy atom. The van der Waals surface area contributed by atoms with Crippen molar-refractivity contribution in [2.45, 2.75) is 26.2 Å². The van der Waals surface area contributed by atoms with Gasteiger partial charge in [-0.2, -0.15) is 0 Å². The zero-order valence-electron chi connectivity index (χ0n) is 31.5. The quantitative estimate of drug-likeness (QED) is 0.180. The molecule has 0 saturated heterocycles. The largest absolute Gasteiger partial charge is 0.398 e. The third-order valence-corrected chi connectivity index (χ3v) is 11.6. The molecular formula is C54H42N2. The summed E-state index contributed by atoms with van der Waals surface area (Å²) in [7, 11) is 0. The van der Waals surface area contributed by atoms with Crippen LogP contribution in [0.4, 0.5) is 0 Å². The van der Waals surface area contributed by atoms with E-state index in [-0.39, 0.29) is 0 Å². The molecule has 268 valence electrons. The van der Waals surface area contributed by atoms with Crippen LogP contribution in [0.3, 0.4) is 0 Å². The molecule has 9 aromatic carbocycles. The molecule has 0 spiro atoms. The number of hydrogen-bond acceptors (Lipinski definition) is 1. The van der Waals surface area contributed by atoms with E-state index in [0.29, 0.717) is 0 Å². The van der Waals surface area contributed by atoms with Crippen molar-refractivity contribution in [2.24, 2.45) is 5.73 Å². The molecule has 0 saturated carbocycles. The molecule has 0 radical (unpaired) electrons. The lowest BCUT2D eigenvalue weighted by atomic mass is 9.89. The Bertz CT molecular complexity index is 3230. The smallest absolute Gasteiger partial charge is 0.0622 e. The number of benzene rings is 9. The topological polar surface area (TPSA) is 30.9 Å². The van der Waals surface area contributed by atoms with Gasteiger partial charge in [0.1, 0.15) is 0 Å². The van der Waals surface area contributed by atoms with Crippen molar-refractivity contribution < 1.29 is 0 Å². The first-order chi connectivity index (χ1) is 27.7. The predicted octanol–water partition coefficient (Wildman–Crippen LogP) is 14.3. The van der Waals surface area contributed by atoms with Crippen molar-refractivity contribution in [3.05, 3.63) is 205 Å². The minimum Gasteiger partial charge on any atom is -0.398 e. The van der Waals surface area contributed by atoms with Gasteiger partial charge in [-0.05, 0) is 104 Å². The van der Waals surface area contributed by atoms with Gasteiger partial charge in [-0.3, -0.25) is 0 Å². The summed E-state index contributed by atoms with van der Waals surface area (Å²) in [5.41, 5.74) is 15.0. The van der Waals surface area contributed by atoms with Gasteiger partial charge in [0.25, 0.3) is 0 Å². The van der Waals surface area contributed by atoms with Crippen LogP contribution in [0.1, 0.15) is 29.5 Å². The monoisotopic (exact) mass is 718 g/mol. The molecule has 0 bridgehead atoms. The first-order valence-electron chi connectivity index (χ1n) is 19.7. The Kier molecular flexibility index (Phi) is 8.45. The third-order valence-electron chi connectivity index (χ3n) is 11.6. The first kappa shape index (κ1) is 33.7. The fourth-order valence-corrected chi connectivity index (χ4v) is 9.06. The Balaban J connectivity index is 0.000000214. The Morgan fingerprint density at radius 3 is 1.93 bits per heavy atom. The molecule has 1 aromatic heterocycles. The first-order valence-corrected chi connectivity index (χ1v) is 19.7. The average Bonchev–Trinajstić information content (AvgIpc) is 3.62. The maximum absolute atomic E-state index is 6.55. The highest BCUT2D eigenvalue weighted by Crippen LogP contribution is 2.46. The Hall–Kier alpha value is -6.90. The average molecular weight is 719 g/mol. The number of nitrogens with zero attached hydrogens (tertiary/aromatic N) is 1. The molecule has 56 heavy (non-hydrogen) atoms. The van der Waals surface area contributed by atoms with Gasteiger partial charge in [0.2, 0.25) is 0 Å². The van der Waals surface area contributed by atoms with Gasteiger partial charge < -0.3 is 10.3 Å². The van der Waals surface area contributed by atoms with Crippen molar-refractivity contribution >= 4 is 87.1 Å². The lowest BCUT2D eigenvalue weighted by molar-refractivity contribution is 0.980. The lowest BCUT2D eigenvalue weighted by Gasteiger charge is -2.17. The molecule has 0 amide bonds. The molecule has 1 aliphatic rings. The molecule has 0 fully saturated rings. The molecule has 2 heteroatoms. The second-order valence-electron chi connectivity index (χ2n) is 14.9. The number of nitrogens with two attached hydrogens (primary N) is 1. The Morgan fingerprint density at radius 2 is 1.18 bits per heavy atom. The van der Waals surface area contributed by atoms with E-state index in [9.17, 15) is 0 Å². The van der Waals surface area contributed by atoms with Crippen molar-refractivity contribution in [2.75, 3.05) is 0 Å². The normalized spacial score (nSPS) is 13.2. The summed E-state index contributed by atoms with van der Waals surface area (Å²) in [6.45, 7) is 2.18. The summed E-state index contributed by atoms with van der Waals surface area (Å²) in [6.07, 6.45) is 11.8. The number of rotatable bonds is 4. The maximum atomic E-state index is 6.55. The number of allylic oxidation sites excluding steroid dienone is 5. The summed E-state index contributed by atoms with van der Waals surface area (Å²) in [5, 5.41) is 15.8. The van der Waals surface area contributed by atoms with Crippen LogP contribution in [0.5, 0.6) is 0 Å². The Labute approximate surface area is 327 Å². The van der Waals surface area contributed by atoms with Crippen molar-refractivity contribution in [1.29, 1.82) is 0 Å². The zero-order chi connectivity index (χ0) is 37.6. The number of fused-ring (bicyclic) bond motifs is 13. The lowest BCUT2D eigenvalue weighted by Crippen LogP contribution is -2.00. The molecule has 2 nitrogen and oxygen atoms in total. The van der Waals surface area contributed by atoms with Crippen molar-refractivity contribution in [3.63, 3.8) is 0 Å². The van der Waals surface area contributed by atoms with Crippen LogP contribution < -0.4 is 5.73 Å². The highest BCUT2D eigenvalue weighted by Gasteiger charge is 2.22. The van der Waals surface area contributed by atoms with Gasteiger partial charge in [0.05, 0.1) is 11.0 Å². The van der Waals surface area contributed by atoms with Gasteiger partial charge in [0.15, 0.2) is 0 Å². The van der Waals surface area contributed by atoms with Crippen LogP contribution in [0.2, 0.25) is 0 Å². The molecule has 1 aliphatic carbocycles. The summed E-state index contributed by atoms with van der Waals surface area (Å²) >= 11 is 0. The SMILES string of the molecule is Cc1cc2ccccc2c2ccccc12.N/C(=C\Cc1cc2c3ccccc3c3c(c4ccccc4n3C3=CC=CCC3)c2c2ccccc12)c1ccccc1. The minimum absolute atomic E-state index is 0.768. The number of para-hydroxylation sites is 1. The standard InChI is InChI=1S/C39H30N2.C15H12/c40-35(26-13-3-1-4-14-26)24-23-27-25-34-30-18-8-10-20-32(30)39-38(37(34)31-19-9-7-17-29(27)31)33-21-11-12-22-36(33)41(39)28-15-5-2-6-16-28;1-11-10-12-6-2-3-8-14(12)15-9-5-4-7-13(11)15/h1-5,7-15,17-22,24-25H,6,16,23,40H2;2-10H,1H3/b35-24-;. The highest BCUT2D eigenvalue weighted by molar-refractivity contribution is 6.37. The van der Waals surface area contributed by atoms with Crippen molar-refractivity contribution in [1.82, 2.24) is 4.57 Å². The molecule has 11 rings (SSSR count). The van der Waals surface area contributed by atoms with Crippen LogP contribution in [0.25, 0.3) is 87.1 Å². The summed E-state index contributed by atoms with van der Waals surface area (Å²) in [5.74, 6) is 0. The van der Waals surface area contributed by atoms with Crippen LogP contribution >= 0.6 is 0 Å². The molecule has 0 unspecified atom stereocenters. The fraction of sp³-hybridized carbons (Fsp3) is 0.0741. The van der Waals surface area contributed by atoms with Gasteiger partial charge in [-0.25, -0.2) is 0 Å². The second kappa shape index (κ2) is 14.1. The predicted molar refractivity (Wildman–Crippen MR) is 243 cm³/mol. The van der Waals surface area contributed by atoms with Crippen LogP contribution in [0.15, 0.2) is 188 Å². The molecular weight excluding hydrogens is 677 g/mol. The molecule has 10 aromatic rings. The molecule has 0 aliphatic heterocycles. The summed E-state index contributed by atoms with van der Waals surface area (Å²) in [6, 6.07) is 58.8. The van der Waals surface area contributed by atoms with E-state index in [2.05, 4.69) is 181 Å². The van der Waals surface area contributed by atoms with E-state index in [1.807, 2.05) is 18.2 Å². The maximum Gasteiger partial charge on any atom is 0.0622 e. The van der Waals surface area contributed by atoms with E-state index in [1.165, 1.54) is 92.5 Å². The van der Waals surface area contributed by atoms with Gasteiger partial charge in [-0.15, -0.1) is 0 Å². The van der Waals surface area contributed by atoms with E-state index in [1.54, 1.807) is 0 Å². The number of hydrogen-bond donors (Lipinski definition) is 1. The number of aromatic nitrogens is 1. The van der Waals surface area contributed by atoms with Crippen LogP contribution in [0, 0.1) is 6.92 Å². The fourth-order valence-electron chi connectivity index (χ4n) is 9.06. The van der Waals surface area contributed by atoms with E-state index >= 15 is 0 Å². The van der Waals surface area contributed by atoms with Crippen LogP contribution in [-0.4, -0.2) is 4.57 Å². The minimum atomic E-state index is 0.768. The van der Waals surface area contributed by atoms with E-state index in [0.717, 1.165) is 30.5 Å². The van der Waals surface area contributed by atoms with Crippen molar-refractivity contribution in [3.8, 4) is 0 Å². The zero-order valence-corrected chi connectivity index (χ0v) is 31.5. The van der Waals surface area contributed by atoms with Gasteiger partial charge >= 0.3 is 0 Å². The van der Waals surface area contributed by atoms with E-state index < -0.39 is 0 Å². The van der Waals surface area contributed by atoms with E-state index in [4.69, 9.17) is 5.73 Å².